The zero-order chi connectivity index (χ0) is 19.2. The highest BCUT2D eigenvalue weighted by molar-refractivity contribution is 7.95. The van der Waals surface area contributed by atoms with Crippen LogP contribution in [0, 0.1) is 0 Å². The summed E-state index contributed by atoms with van der Waals surface area (Å²) in [5.41, 5.74) is 0. The highest BCUT2D eigenvalue weighted by Gasteiger charge is 2.45. The maximum Gasteiger partial charge on any atom is 0.176 e. The zero-order valence-electron chi connectivity index (χ0n) is 15.9. The van der Waals surface area contributed by atoms with Crippen molar-refractivity contribution in [1.29, 1.82) is 0 Å². The number of Topliss-reactive ketones (excluding diaryl/α,β-unsaturated/α-hetero) is 1. The van der Waals surface area contributed by atoms with Crippen molar-refractivity contribution in [3.63, 3.8) is 0 Å². The van der Waals surface area contributed by atoms with Crippen molar-refractivity contribution >= 4 is 40.3 Å². The minimum absolute atomic E-state index is 0. The van der Waals surface area contributed by atoms with E-state index in [1.807, 2.05) is 17.5 Å². The molecule has 0 N–H and O–H groups in total. The van der Waals surface area contributed by atoms with E-state index in [0.29, 0.717) is 6.42 Å². The lowest BCUT2D eigenvalue weighted by molar-refractivity contribution is -0.0000132. The lowest BCUT2D eigenvalue weighted by atomic mass is 10.3. The number of hydrogen-bond acceptors (Lipinski definition) is 2. The molecule has 146 valence electrons. The third-order valence-electron chi connectivity index (χ3n) is 5.06. The van der Waals surface area contributed by atoms with Gasteiger partial charge in [0.1, 0.15) is 23.2 Å². The van der Waals surface area contributed by atoms with Gasteiger partial charge in [0.05, 0.1) is 11.0 Å². The molecule has 1 aromatic heterocycles. The topological polar surface area (TPSA) is 17.1 Å². The van der Waals surface area contributed by atoms with E-state index in [0.717, 1.165) is 11.0 Å². The van der Waals surface area contributed by atoms with Gasteiger partial charge < -0.3 is 24.0 Å². The van der Waals surface area contributed by atoms with Gasteiger partial charge in [0, 0.05) is 6.42 Å². The van der Waals surface area contributed by atoms with Crippen LogP contribution in [0.3, 0.4) is 0 Å². The first-order valence-corrected chi connectivity index (χ1v) is 12.3. The minimum Gasteiger partial charge on any atom is -1.00 e. The Balaban J connectivity index is 0.00000240. The second-order valence-corrected chi connectivity index (χ2v) is 11.3. The van der Waals surface area contributed by atoms with Crippen molar-refractivity contribution in [3.8, 4) is 0 Å². The SMILES string of the molecule is O=C(CC[P+](c1ccccc1)(c1ccccc1)c1ccccc1)c1cccs1.[I-]. The number of benzene rings is 3. The molecular weight excluding hydrogens is 506 g/mol. The largest absolute Gasteiger partial charge is 1.00 e. The van der Waals surface area contributed by atoms with Gasteiger partial charge in [0.2, 0.25) is 0 Å². The van der Waals surface area contributed by atoms with Crippen LogP contribution >= 0.6 is 18.6 Å². The molecule has 29 heavy (non-hydrogen) atoms. The van der Waals surface area contributed by atoms with E-state index in [2.05, 4.69) is 91.0 Å². The van der Waals surface area contributed by atoms with Gasteiger partial charge in [-0.15, -0.1) is 11.3 Å². The predicted octanol–water partition coefficient (Wildman–Crippen LogP) is 2.32. The summed E-state index contributed by atoms with van der Waals surface area (Å²) in [5, 5.41) is 5.95. The number of hydrogen-bond donors (Lipinski definition) is 0. The maximum absolute atomic E-state index is 12.9. The summed E-state index contributed by atoms with van der Waals surface area (Å²) in [6, 6.07) is 36.1. The highest BCUT2D eigenvalue weighted by Crippen LogP contribution is 2.55. The Morgan fingerprint density at radius 1 is 0.655 bits per heavy atom. The molecule has 0 aliphatic rings. The Morgan fingerprint density at radius 3 is 1.48 bits per heavy atom. The van der Waals surface area contributed by atoms with Gasteiger partial charge in [-0.2, -0.15) is 0 Å². The number of rotatable bonds is 7. The van der Waals surface area contributed by atoms with E-state index >= 15 is 0 Å². The van der Waals surface area contributed by atoms with Gasteiger partial charge in [-0.1, -0.05) is 60.7 Å². The molecule has 4 aromatic rings. The lowest BCUT2D eigenvalue weighted by Gasteiger charge is -2.27. The number of halogens is 1. The van der Waals surface area contributed by atoms with Crippen LogP contribution in [-0.2, 0) is 0 Å². The molecule has 0 atom stereocenters. The Hall–Kier alpha value is -1.81. The average molecular weight is 528 g/mol. The Bertz CT molecular complexity index is 922. The van der Waals surface area contributed by atoms with Crippen LogP contribution < -0.4 is 39.9 Å². The van der Waals surface area contributed by atoms with Crippen LogP contribution in [0.25, 0.3) is 0 Å². The van der Waals surface area contributed by atoms with Crippen molar-refractivity contribution < 1.29 is 28.8 Å². The van der Waals surface area contributed by atoms with Crippen LogP contribution in [0.15, 0.2) is 109 Å². The normalized spacial score (nSPS) is 10.9. The number of ketones is 1. The summed E-state index contributed by atoms with van der Waals surface area (Å²) in [4.78, 5) is 13.7. The molecule has 0 aliphatic heterocycles. The van der Waals surface area contributed by atoms with Gasteiger partial charge >= 0.3 is 0 Å². The van der Waals surface area contributed by atoms with Gasteiger partial charge in [0.15, 0.2) is 5.78 Å². The lowest BCUT2D eigenvalue weighted by Crippen LogP contribution is -3.00. The summed E-state index contributed by atoms with van der Waals surface area (Å²) in [7, 11) is -1.93. The zero-order valence-corrected chi connectivity index (χ0v) is 19.8. The second-order valence-electron chi connectivity index (χ2n) is 6.69. The van der Waals surface area contributed by atoms with Gasteiger partial charge in [-0.25, -0.2) is 0 Å². The fourth-order valence-electron chi connectivity index (χ4n) is 3.71. The van der Waals surface area contributed by atoms with Crippen LogP contribution in [0.1, 0.15) is 16.1 Å². The van der Waals surface area contributed by atoms with E-state index in [9.17, 15) is 4.79 Å². The molecule has 0 saturated heterocycles. The number of carbonyl (C=O) groups is 1. The summed E-state index contributed by atoms with van der Waals surface area (Å²) in [5.74, 6) is 0.238. The quantitative estimate of drug-likeness (QED) is 0.205. The first kappa shape index (κ1) is 21.9. The summed E-state index contributed by atoms with van der Waals surface area (Å²) in [6.45, 7) is 0. The summed E-state index contributed by atoms with van der Waals surface area (Å²) >= 11 is 1.53. The molecule has 3 aromatic carbocycles. The van der Waals surface area contributed by atoms with Gasteiger partial charge in [-0.05, 0) is 47.8 Å². The fourth-order valence-corrected chi connectivity index (χ4v) is 8.66. The summed E-state index contributed by atoms with van der Waals surface area (Å²) in [6.07, 6.45) is 1.38. The van der Waals surface area contributed by atoms with Crippen LogP contribution in [-0.4, -0.2) is 11.9 Å². The smallest absolute Gasteiger partial charge is 0.176 e. The Labute approximate surface area is 194 Å². The van der Waals surface area contributed by atoms with E-state index < -0.39 is 7.26 Å². The van der Waals surface area contributed by atoms with E-state index in [1.54, 1.807) is 0 Å². The molecule has 4 heteroatoms. The standard InChI is InChI=1S/C25H22OPS.HI/c26-24(25-17-10-20-28-25)18-19-27(21-11-4-1-5-12-21,22-13-6-2-7-14-22)23-15-8-3-9-16-23;/h1-17,20H,18-19H2;1H/q+1;/p-1. The first-order valence-electron chi connectivity index (χ1n) is 9.42. The van der Waals surface area contributed by atoms with Crippen LogP contribution in [0.4, 0.5) is 0 Å². The number of thiophene rings is 1. The van der Waals surface area contributed by atoms with Crippen LogP contribution in [0.5, 0.6) is 0 Å². The minimum atomic E-state index is -1.93. The molecule has 0 bridgehead atoms. The van der Waals surface area contributed by atoms with E-state index in [-0.39, 0.29) is 29.8 Å². The third-order valence-corrected chi connectivity index (χ3v) is 10.4. The fraction of sp³-hybridized carbons (Fsp3) is 0.0800. The van der Waals surface area contributed by atoms with Crippen molar-refractivity contribution in [2.75, 3.05) is 6.16 Å². The monoisotopic (exact) mass is 528 g/mol. The molecule has 0 aliphatic carbocycles. The molecule has 4 rings (SSSR count). The molecule has 1 nitrogen and oxygen atoms in total. The van der Waals surface area contributed by atoms with Crippen molar-refractivity contribution in [3.05, 3.63) is 113 Å². The highest BCUT2D eigenvalue weighted by atomic mass is 127. The molecule has 0 spiro atoms. The number of carbonyl (C=O) groups excluding carboxylic acids is 1. The molecule has 0 amide bonds. The first-order chi connectivity index (χ1) is 13.8. The Kier molecular flexibility index (Phi) is 7.77. The maximum atomic E-state index is 12.9. The third kappa shape index (κ3) is 4.69. The van der Waals surface area contributed by atoms with Gasteiger partial charge in [0.25, 0.3) is 0 Å². The Morgan fingerprint density at radius 2 is 1.10 bits per heavy atom. The predicted molar refractivity (Wildman–Crippen MR) is 123 cm³/mol. The van der Waals surface area contributed by atoms with Gasteiger partial charge in [-0.3, -0.25) is 4.79 Å². The van der Waals surface area contributed by atoms with Crippen molar-refractivity contribution in [2.24, 2.45) is 0 Å². The molecule has 0 saturated carbocycles. The van der Waals surface area contributed by atoms with E-state index in [4.69, 9.17) is 0 Å². The molecule has 1 heterocycles. The molecule has 0 fully saturated rings. The second kappa shape index (κ2) is 10.3. The molecule has 0 radical (unpaired) electrons. The van der Waals surface area contributed by atoms with Crippen molar-refractivity contribution in [1.82, 2.24) is 0 Å². The van der Waals surface area contributed by atoms with Crippen LogP contribution in [0.2, 0.25) is 0 Å². The molecule has 0 unspecified atom stereocenters. The molecular formula is C25H22IOPS. The average Bonchev–Trinajstić information content (AvgIpc) is 3.31. The van der Waals surface area contributed by atoms with E-state index in [1.165, 1.54) is 27.3 Å². The summed E-state index contributed by atoms with van der Waals surface area (Å²) < 4.78 is 0. The van der Waals surface area contributed by atoms with Crippen molar-refractivity contribution in [2.45, 2.75) is 6.42 Å².